The Labute approximate surface area is 380 Å². The highest BCUT2D eigenvalue weighted by Crippen LogP contribution is 2.38. The Hall–Kier alpha value is -2.93. The van der Waals surface area contributed by atoms with Crippen LogP contribution in [0.15, 0.2) is 85.1 Å². The van der Waals surface area contributed by atoms with Crippen molar-refractivity contribution in [3.8, 4) is 0 Å². The Morgan fingerprint density at radius 1 is 0.730 bits per heavy atom. The maximum Gasteiger partial charge on any atom is 0.306 e. The summed E-state index contributed by atoms with van der Waals surface area (Å²) < 4.78 is 33.9. The van der Waals surface area contributed by atoms with Gasteiger partial charge in [-0.2, -0.15) is 0 Å². The van der Waals surface area contributed by atoms with Gasteiger partial charge < -0.3 is 43.2 Å². The second-order valence-corrected chi connectivity index (χ2v) is 18.8. The number of aliphatic hydroxyl groups excluding tert-OH is 3. The lowest BCUT2D eigenvalue weighted by atomic mass is 9.89. The van der Waals surface area contributed by atoms with Gasteiger partial charge in [-0.1, -0.05) is 125 Å². The number of allylic oxidation sites excluding steroid dienone is 12. The highest BCUT2D eigenvalue weighted by molar-refractivity contribution is 7.45. The van der Waals surface area contributed by atoms with Gasteiger partial charge in [0.15, 0.2) is 6.10 Å². The SMILES string of the molecule is CC/C=C\C/C=C\C/C=C\C/C=C\C/C=C\CCCCCC(=O)O[C@H](COC(=O)CCC/C=C/C[C@@H]1[C@@H](/C=C/[C@@H](O)CCCCC)[C@H](O)C[C@@H]1O)COP(=O)([O-])OCC[N+](C)(C)C. The van der Waals surface area contributed by atoms with Crippen molar-refractivity contribution in [2.45, 2.75) is 160 Å². The molecule has 0 saturated heterocycles. The van der Waals surface area contributed by atoms with Crippen molar-refractivity contribution < 1.29 is 57.4 Å². The molecular weight excluding hydrogens is 822 g/mol. The number of likely N-dealkylation sites (N-methyl/N-ethyl adjacent to an activating group) is 1. The largest absolute Gasteiger partial charge is 0.756 e. The molecule has 1 unspecified atom stereocenters. The lowest BCUT2D eigenvalue weighted by Gasteiger charge is -2.28. The van der Waals surface area contributed by atoms with Crippen molar-refractivity contribution in [2.75, 3.05) is 47.5 Å². The van der Waals surface area contributed by atoms with Crippen LogP contribution in [-0.4, -0.2) is 104 Å². The predicted molar refractivity (Wildman–Crippen MR) is 251 cm³/mol. The molecule has 0 aliphatic heterocycles. The summed E-state index contributed by atoms with van der Waals surface area (Å²) in [5, 5.41) is 31.4. The molecule has 13 heteroatoms. The van der Waals surface area contributed by atoms with E-state index in [2.05, 4.69) is 74.6 Å². The standard InChI is InChI=1S/C50H84NO11P/c1-6-8-10-11-12-13-14-15-16-17-18-19-20-21-22-23-24-25-31-35-50(56)62-44(42-61-63(57,58)60-39-38-51(3,4)5)41-59-49(55)34-30-27-26-29-33-45-46(48(54)40-47(45)53)37-36-43(52)32-28-9-7-2/h8,10,12-13,15-16,18-19,21-22,26,29,36-37,43-48,52-54H,6-7,9,11,14,17,20,23-25,27-28,30-35,38-42H2,1-5H3/b10-8-,13-12-,16-15-,19-18-,22-21-,29-26+,37-36+/t43-,44+,45+,46+,47-,48+/m0/s1. The number of quaternary nitrogens is 1. The molecule has 0 aromatic rings. The summed E-state index contributed by atoms with van der Waals surface area (Å²) in [6.45, 7) is 3.67. The number of esters is 2. The fourth-order valence-corrected chi connectivity index (χ4v) is 7.46. The number of phosphoric ester groups is 1. The molecule has 0 amide bonds. The summed E-state index contributed by atoms with van der Waals surface area (Å²) in [5.74, 6) is -1.49. The summed E-state index contributed by atoms with van der Waals surface area (Å²) >= 11 is 0. The zero-order chi connectivity index (χ0) is 46.6. The number of carbonyl (C=O) groups is 2. The fourth-order valence-electron chi connectivity index (χ4n) is 6.73. The molecule has 0 heterocycles. The maximum absolute atomic E-state index is 12.7. The molecule has 0 radical (unpaired) electrons. The smallest absolute Gasteiger partial charge is 0.306 e. The minimum absolute atomic E-state index is 0.0814. The van der Waals surface area contributed by atoms with Crippen LogP contribution >= 0.6 is 7.82 Å². The Morgan fingerprint density at radius 2 is 1.33 bits per heavy atom. The second-order valence-electron chi connectivity index (χ2n) is 17.4. The van der Waals surface area contributed by atoms with E-state index in [1.165, 1.54) is 0 Å². The Bertz CT molecular complexity index is 1460. The van der Waals surface area contributed by atoms with Crippen molar-refractivity contribution in [1.82, 2.24) is 0 Å². The van der Waals surface area contributed by atoms with Gasteiger partial charge in [-0.05, 0) is 83.0 Å². The van der Waals surface area contributed by atoms with E-state index < -0.39 is 50.8 Å². The number of hydrogen-bond acceptors (Lipinski definition) is 11. The van der Waals surface area contributed by atoms with Gasteiger partial charge in [-0.25, -0.2) is 0 Å². The van der Waals surface area contributed by atoms with Crippen LogP contribution in [0.3, 0.4) is 0 Å². The lowest BCUT2D eigenvalue weighted by molar-refractivity contribution is -0.870. The van der Waals surface area contributed by atoms with Crippen molar-refractivity contribution in [3.05, 3.63) is 85.1 Å². The quantitative estimate of drug-likeness (QED) is 0.0178. The molecule has 0 bridgehead atoms. The molecule has 0 aromatic carbocycles. The molecule has 0 spiro atoms. The van der Waals surface area contributed by atoms with Crippen molar-refractivity contribution >= 4 is 19.8 Å². The number of carbonyl (C=O) groups excluding carboxylic acids is 2. The number of ether oxygens (including phenoxy) is 2. The zero-order valence-corrected chi connectivity index (χ0v) is 40.2. The van der Waals surface area contributed by atoms with Crippen LogP contribution in [0.2, 0.25) is 0 Å². The lowest BCUT2D eigenvalue weighted by Crippen LogP contribution is -2.37. The van der Waals surface area contributed by atoms with Gasteiger partial charge in [0.25, 0.3) is 7.82 Å². The number of phosphoric acid groups is 1. The van der Waals surface area contributed by atoms with Crippen LogP contribution < -0.4 is 4.89 Å². The second kappa shape index (κ2) is 36.3. The van der Waals surface area contributed by atoms with E-state index in [4.69, 9.17) is 18.5 Å². The van der Waals surface area contributed by atoms with E-state index in [0.717, 1.165) is 70.6 Å². The van der Waals surface area contributed by atoms with Crippen LogP contribution in [0.1, 0.15) is 136 Å². The van der Waals surface area contributed by atoms with Gasteiger partial charge in [-0.15, -0.1) is 0 Å². The zero-order valence-electron chi connectivity index (χ0n) is 39.3. The summed E-state index contributed by atoms with van der Waals surface area (Å²) in [5.41, 5.74) is 0. The molecular formula is C50H84NO11P. The summed E-state index contributed by atoms with van der Waals surface area (Å²) in [7, 11) is 0.994. The third kappa shape index (κ3) is 33.2. The van der Waals surface area contributed by atoms with E-state index in [9.17, 15) is 34.4 Å². The summed E-state index contributed by atoms with van der Waals surface area (Å²) in [6, 6.07) is 0. The molecule has 1 aliphatic rings. The first-order chi connectivity index (χ1) is 30.2. The molecule has 0 aromatic heterocycles. The predicted octanol–water partition coefficient (Wildman–Crippen LogP) is 9.32. The Morgan fingerprint density at radius 3 is 1.97 bits per heavy atom. The molecule has 7 atom stereocenters. The van der Waals surface area contributed by atoms with E-state index in [1.54, 1.807) is 6.08 Å². The number of hydrogen-bond donors (Lipinski definition) is 3. The average molecular weight is 906 g/mol. The molecule has 3 N–H and O–H groups in total. The van der Waals surface area contributed by atoms with Gasteiger partial charge in [0.2, 0.25) is 0 Å². The molecule has 1 aliphatic carbocycles. The number of rotatable bonds is 37. The maximum atomic E-state index is 12.7. The van der Waals surface area contributed by atoms with Crippen LogP contribution in [-0.2, 0) is 32.7 Å². The minimum atomic E-state index is -4.70. The fraction of sp³-hybridized carbons (Fsp3) is 0.680. The van der Waals surface area contributed by atoms with Crippen molar-refractivity contribution in [2.24, 2.45) is 11.8 Å². The van der Waals surface area contributed by atoms with Gasteiger partial charge >= 0.3 is 11.9 Å². The minimum Gasteiger partial charge on any atom is -0.756 e. The molecule has 12 nitrogen and oxygen atoms in total. The summed E-state index contributed by atoms with van der Waals surface area (Å²) in [6.07, 6.45) is 39.9. The molecule has 1 fully saturated rings. The first kappa shape index (κ1) is 58.1. The van der Waals surface area contributed by atoms with Crippen LogP contribution in [0.4, 0.5) is 0 Å². The monoisotopic (exact) mass is 906 g/mol. The first-order valence-electron chi connectivity index (χ1n) is 23.6. The van der Waals surface area contributed by atoms with E-state index in [0.29, 0.717) is 43.1 Å². The van der Waals surface area contributed by atoms with E-state index in [1.807, 2.05) is 39.4 Å². The third-order valence-corrected chi connectivity index (χ3v) is 11.4. The topological polar surface area (TPSA) is 172 Å². The molecule has 63 heavy (non-hydrogen) atoms. The first-order valence-corrected chi connectivity index (χ1v) is 25.0. The van der Waals surface area contributed by atoms with Crippen molar-refractivity contribution in [1.29, 1.82) is 0 Å². The Balaban J connectivity index is 2.50. The van der Waals surface area contributed by atoms with Gasteiger partial charge in [0.05, 0.1) is 46.1 Å². The van der Waals surface area contributed by atoms with Crippen LogP contribution in [0.25, 0.3) is 0 Å². The van der Waals surface area contributed by atoms with Gasteiger partial charge in [-0.3, -0.25) is 14.2 Å². The van der Waals surface area contributed by atoms with Gasteiger partial charge in [0.1, 0.15) is 19.8 Å². The third-order valence-electron chi connectivity index (χ3n) is 10.5. The van der Waals surface area contributed by atoms with Crippen LogP contribution in [0.5, 0.6) is 0 Å². The number of aliphatic hydroxyl groups is 3. The highest BCUT2D eigenvalue weighted by Gasteiger charge is 2.39. The number of nitrogens with zero attached hydrogens (tertiary/aromatic N) is 1. The van der Waals surface area contributed by atoms with E-state index in [-0.39, 0.29) is 44.3 Å². The van der Waals surface area contributed by atoms with Crippen molar-refractivity contribution in [3.63, 3.8) is 0 Å². The molecule has 1 saturated carbocycles. The summed E-state index contributed by atoms with van der Waals surface area (Å²) in [4.78, 5) is 37.8. The van der Waals surface area contributed by atoms with E-state index >= 15 is 0 Å². The average Bonchev–Trinajstić information content (AvgIpc) is 3.50. The van der Waals surface area contributed by atoms with Gasteiger partial charge in [0, 0.05) is 25.2 Å². The van der Waals surface area contributed by atoms with Crippen LogP contribution in [0, 0.1) is 11.8 Å². The molecule has 1 rings (SSSR count). The highest BCUT2D eigenvalue weighted by atomic mass is 31.2. The normalized spacial score (nSPS) is 20.7. The number of unbranched alkanes of at least 4 members (excludes halogenated alkanes) is 6. The Kier molecular flexibility index (Phi) is 33.5. The molecule has 360 valence electrons.